The molecule has 5 nitrogen and oxygen atoms in total. The van der Waals surface area contributed by atoms with Crippen LogP contribution in [0.2, 0.25) is 0 Å². The standard InChI is InChI=1S/C21H20N2O3S3/c24-20(22-12-16-13-27-21(23-16)15-6-2-1-3-7-15)18-8-4-5-9-19(18)28-17-10-11-29(25,26)14-17/h1-9,13,17H,10-12,14H2,(H,22,24). The third-order valence-corrected chi connectivity index (χ3v) is 8.88. The van der Waals surface area contributed by atoms with Gasteiger partial charge in [0.25, 0.3) is 5.91 Å². The van der Waals surface area contributed by atoms with Crippen molar-refractivity contribution in [3.63, 3.8) is 0 Å². The molecule has 1 fully saturated rings. The summed E-state index contributed by atoms with van der Waals surface area (Å²) < 4.78 is 23.4. The van der Waals surface area contributed by atoms with Gasteiger partial charge >= 0.3 is 0 Å². The molecule has 1 amide bonds. The van der Waals surface area contributed by atoms with E-state index in [9.17, 15) is 13.2 Å². The second-order valence-electron chi connectivity index (χ2n) is 6.83. The third kappa shape index (κ3) is 5.07. The van der Waals surface area contributed by atoms with Crippen molar-refractivity contribution in [2.45, 2.75) is 23.1 Å². The van der Waals surface area contributed by atoms with Crippen molar-refractivity contribution in [1.29, 1.82) is 0 Å². The maximum absolute atomic E-state index is 12.7. The Labute approximate surface area is 178 Å². The van der Waals surface area contributed by atoms with E-state index in [-0.39, 0.29) is 22.7 Å². The highest BCUT2D eigenvalue weighted by atomic mass is 32.2. The van der Waals surface area contributed by atoms with Crippen LogP contribution < -0.4 is 5.32 Å². The second kappa shape index (κ2) is 8.69. The number of thioether (sulfide) groups is 1. The first-order valence-electron chi connectivity index (χ1n) is 9.24. The van der Waals surface area contributed by atoms with E-state index in [4.69, 9.17) is 0 Å². The highest BCUT2D eigenvalue weighted by Gasteiger charge is 2.29. The van der Waals surface area contributed by atoms with Gasteiger partial charge < -0.3 is 5.32 Å². The number of benzene rings is 2. The Morgan fingerprint density at radius 3 is 2.66 bits per heavy atom. The molecule has 0 aliphatic carbocycles. The summed E-state index contributed by atoms with van der Waals surface area (Å²) in [5.41, 5.74) is 2.44. The summed E-state index contributed by atoms with van der Waals surface area (Å²) in [5, 5.41) is 5.81. The number of carbonyl (C=O) groups is 1. The summed E-state index contributed by atoms with van der Waals surface area (Å²) in [6.07, 6.45) is 0.629. The Morgan fingerprint density at radius 2 is 1.90 bits per heavy atom. The van der Waals surface area contributed by atoms with Crippen molar-refractivity contribution in [1.82, 2.24) is 10.3 Å². The van der Waals surface area contributed by atoms with Crippen LogP contribution in [0, 0.1) is 0 Å². The van der Waals surface area contributed by atoms with E-state index < -0.39 is 9.84 Å². The van der Waals surface area contributed by atoms with Crippen LogP contribution >= 0.6 is 23.1 Å². The zero-order valence-corrected chi connectivity index (χ0v) is 18.0. The largest absolute Gasteiger partial charge is 0.346 e. The zero-order chi connectivity index (χ0) is 20.3. The predicted octanol–water partition coefficient (Wildman–Crippen LogP) is 4.02. The smallest absolute Gasteiger partial charge is 0.252 e. The van der Waals surface area contributed by atoms with Crippen LogP contribution in [-0.2, 0) is 16.4 Å². The van der Waals surface area contributed by atoms with Gasteiger partial charge in [-0.2, -0.15) is 0 Å². The average molecular weight is 445 g/mol. The van der Waals surface area contributed by atoms with Crippen LogP contribution in [0.25, 0.3) is 10.6 Å². The Balaban J connectivity index is 1.41. The van der Waals surface area contributed by atoms with Gasteiger partial charge in [0, 0.05) is 21.1 Å². The molecule has 1 saturated heterocycles. The highest BCUT2D eigenvalue weighted by molar-refractivity contribution is 8.02. The Hall–Kier alpha value is -2.16. The van der Waals surface area contributed by atoms with Crippen molar-refractivity contribution in [2.24, 2.45) is 0 Å². The molecule has 29 heavy (non-hydrogen) atoms. The van der Waals surface area contributed by atoms with Crippen molar-refractivity contribution in [2.75, 3.05) is 11.5 Å². The first-order valence-corrected chi connectivity index (χ1v) is 12.8. The molecule has 2 aromatic carbocycles. The van der Waals surface area contributed by atoms with Gasteiger partial charge in [0.05, 0.1) is 29.3 Å². The molecule has 3 aromatic rings. The summed E-state index contributed by atoms with van der Waals surface area (Å²) in [5.74, 6) is 0.226. The van der Waals surface area contributed by atoms with Gasteiger partial charge in [-0.15, -0.1) is 23.1 Å². The lowest BCUT2D eigenvalue weighted by atomic mass is 10.2. The molecule has 2 heterocycles. The molecule has 1 aromatic heterocycles. The molecule has 0 spiro atoms. The van der Waals surface area contributed by atoms with Crippen LogP contribution in [0.4, 0.5) is 0 Å². The number of nitrogens with zero attached hydrogens (tertiary/aromatic N) is 1. The molecule has 1 aliphatic rings. The van der Waals surface area contributed by atoms with Gasteiger partial charge in [-0.1, -0.05) is 42.5 Å². The molecule has 0 saturated carbocycles. The van der Waals surface area contributed by atoms with E-state index >= 15 is 0 Å². The lowest BCUT2D eigenvalue weighted by Crippen LogP contribution is -2.23. The van der Waals surface area contributed by atoms with E-state index in [1.54, 1.807) is 17.4 Å². The number of nitrogens with one attached hydrogen (secondary N) is 1. The van der Waals surface area contributed by atoms with E-state index in [1.807, 2.05) is 53.9 Å². The highest BCUT2D eigenvalue weighted by Crippen LogP contribution is 2.33. The SMILES string of the molecule is O=C(NCc1csc(-c2ccccc2)n1)c1ccccc1SC1CCS(=O)(=O)C1. The third-order valence-electron chi connectivity index (χ3n) is 4.62. The van der Waals surface area contributed by atoms with Gasteiger partial charge in [-0.3, -0.25) is 4.79 Å². The van der Waals surface area contributed by atoms with Crippen molar-refractivity contribution in [3.05, 3.63) is 71.2 Å². The van der Waals surface area contributed by atoms with Crippen molar-refractivity contribution < 1.29 is 13.2 Å². The first-order chi connectivity index (χ1) is 14.0. The fraction of sp³-hybridized carbons (Fsp3) is 0.238. The monoisotopic (exact) mass is 444 g/mol. The maximum Gasteiger partial charge on any atom is 0.252 e. The zero-order valence-electron chi connectivity index (χ0n) is 15.6. The summed E-state index contributed by atoms with van der Waals surface area (Å²) in [6, 6.07) is 17.3. The minimum atomic E-state index is -2.94. The Morgan fingerprint density at radius 1 is 1.14 bits per heavy atom. The van der Waals surface area contributed by atoms with E-state index in [2.05, 4.69) is 10.3 Å². The number of amides is 1. The Kier molecular flexibility index (Phi) is 6.03. The molecular weight excluding hydrogens is 424 g/mol. The maximum atomic E-state index is 12.7. The fourth-order valence-electron chi connectivity index (χ4n) is 3.16. The summed E-state index contributed by atoms with van der Waals surface area (Å²) in [4.78, 5) is 18.2. The van der Waals surface area contributed by atoms with Gasteiger partial charge in [0.1, 0.15) is 5.01 Å². The molecular formula is C21H20N2O3S3. The fourth-order valence-corrected chi connectivity index (χ4v) is 7.61. The molecule has 1 N–H and O–H groups in total. The normalized spacial score (nSPS) is 17.9. The van der Waals surface area contributed by atoms with E-state index in [0.29, 0.717) is 18.5 Å². The lowest BCUT2D eigenvalue weighted by molar-refractivity contribution is 0.0947. The molecule has 1 aliphatic heterocycles. The number of rotatable bonds is 6. The summed E-state index contributed by atoms with van der Waals surface area (Å²) in [7, 11) is -2.94. The van der Waals surface area contributed by atoms with Gasteiger partial charge in [0.15, 0.2) is 9.84 Å². The van der Waals surface area contributed by atoms with Crippen LogP contribution in [0.3, 0.4) is 0 Å². The minimum absolute atomic E-state index is 0.000853. The lowest BCUT2D eigenvalue weighted by Gasteiger charge is -2.12. The second-order valence-corrected chi connectivity index (χ2v) is 11.3. The molecule has 8 heteroatoms. The summed E-state index contributed by atoms with van der Waals surface area (Å²) >= 11 is 3.03. The molecule has 1 atom stereocenters. The van der Waals surface area contributed by atoms with E-state index in [1.165, 1.54) is 11.8 Å². The van der Waals surface area contributed by atoms with Crippen LogP contribution in [0.1, 0.15) is 22.5 Å². The van der Waals surface area contributed by atoms with Gasteiger partial charge in [-0.05, 0) is 18.6 Å². The molecule has 4 rings (SSSR count). The quantitative estimate of drug-likeness (QED) is 0.621. The van der Waals surface area contributed by atoms with Crippen molar-refractivity contribution in [3.8, 4) is 10.6 Å². The van der Waals surface area contributed by atoms with Gasteiger partial charge in [-0.25, -0.2) is 13.4 Å². The molecule has 150 valence electrons. The number of thiazole rings is 1. The molecule has 1 unspecified atom stereocenters. The van der Waals surface area contributed by atoms with Crippen LogP contribution in [0.15, 0.2) is 64.9 Å². The average Bonchev–Trinajstić information content (AvgIpc) is 3.33. The number of hydrogen-bond donors (Lipinski definition) is 1. The number of aromatic nitrogens is 1. The first kappa shape index (κ1) is 20.1. The summed E-state index contributed by atoms with van der Waals surface area (Å²) in [6.45, 7) is 0.346. The minimum Gasteiger partial charge on any atom is -0.346 e. The number of hydrogen-bond acceptors (Lipinski definition) is 6. The van der Waals surface area contributed by atoms with Gasteiger partial charge in [0.2, 0.25) is 0 Å². The van der Waals surface area contributed by atoms with Crippen LogP contribution in [0.5, 0.6) is 0 Å². The Bertz CT molecular complexity index is 1110. The topological polar surface area (TPSA) is 76.1 Å². The van der Waals surface area contributed by atoms with Crippen molar-refractivity contribution >= 4 is 38.8 Å². The number of sulfone groups is 1. The molecule has 0 bridgehead atoms. The number of carbonyl (C=O) groups excluding carboxylic acids is 1. The van der Waals surface area contributed by atoms with Crippen LogP contribution in [-0.4, -0.2) is 36.1 Å². The van der Waals surface area contributed by atoms with E-state index in [0.717, 1.165) is 21.2 Å². The molecule has 0 radical (unpaired) electrons. The predicted molar refractivity (Wildman–Crippen MR) is 118 cm³/mol.